The van der Waals surface area contributed by atoms with Crippen molar-refractivity contribution in [3.05, 3.63) is 130 Å². The number of aryl methyl sites for hydroxylation is 3. The van der Waals surface area contributed by atoms with E-state index in [1.807, 2.05) is 68.6 Å². The molecule has 6 nitrogen and oxygen atoms in total. The molecule has 5 aromatic rings. The summed E-state index contributed by atoms with van der Waals surface area (Å²) in [5.74, 6) is 0.917. The van der Waals surface area contributed by atoms with E-state index in [9.17, 15) is 4.79 Å². The van der Waals surface area contributed by atoms with Gasteiger partial charge in [0.05, 0.1) is 29.3 Å². The molecule has 1 aliphatic carbocycles. The first kappa shape index (κ1) is 26.0. The summed E-state index contributed by atoms with van der Waals surface area (Å²) in [5, 5.41) is 3.18. The number of imidazole rings is 1. The molecule has 1 unspecified atom stereocenters. The zero-order chi connectivity index (χ0) is 27.5. The van der Waals surface area contributed by atoms with Crippen molar-refractivity contribution in [1.82, 2.24) is 25.2 Å². The molecule has 0 aliphatic heterocycles. The number of pyridine rings is 1. The molecule has 0 spiro atoms. The number of carbonyl (C=O) groups is 1. The largest absolute Gasteiger partial charge is 0.348 e. The predicted molar refractivity (Wildman–Crippen MR) is 159 cm³/mol. The van der Waals surface area contributed by atoms with E-state index in [0.29, 0.717) is 13.1 Å². The van der Waals surface area contributed by atoms with E-state index in [1.165, 1.54) is 16.8 Å². The molecule has 1 atom stereocenters. The monoisotopic (exact) mass is 529 g/mol. The highest BCUT2D eigenvalue weighted by Gasteiger charge is 2.28. The Morgan fingerprint density at radius 1 is 0.925 bits per heavy atom. The molecule has 0 saturated carbocycles. The molecule has 3 aromatic carbocycles. The minimum Gasteiger partial charge on any atom is -0.348 e. The van der Waals surface area contributed by atoms with Gasteiger partial charge in [0.25, 0.3) is 5.91 Å². The van der Waals surface area contributed by atoms with Crippen molar-refractivity contribution >= 4 is 16.9 Å². The van der Waals surface area contributed by atoms with Crippen LogP contribution in [0.2, 0.25) is 0 Å². The first-order valence-electron chi connectivity index (χ1n) is 14.1. The third-order valence-corrected chi connectivity index (χ3v) is 8.04. The standard InChI is InChI=1S/C34H35N5O/c1-23-10-7-11-24(2)32(23)34(40)36-20-26-12-3-4-13-27(26)21-39(22-31-37-28-16-5-6-17-29(28)38-31)30-18-8-14-25-15-9-19-35-33(25)30/h3-7,9-13,15-17,19,30H,8,14,18,20-22H2,1-2H3,(H,36,40)(H,37,38). The fraction of sp³-hybridized carbons (Fsp3) is 0.265. The average Bonchev–Trinajstić information content (AvgIpc) is 3.38. The molecular weight excluding hydrogens is 494 g/mol. The SMILES string of the molecule is Cc1cccc(C)c1C(=O)NCc1ccccc1CN(Cc1nc2ccccc2[nH]1)C1CCCc2cccnc21. The topological polar surface area (TPSA) is 73.9 Å². The predicted octanol–water partition coefficient (Wildman–Crippen LogP) is 6.58. The molecule has 0 fully saturated rings. The molecule has 0 bridgehead atoms. The third kappa shape index (κ3) is 5.40. The number of amides is 1. The van der Waals surface area contributed by atoms with Crippen molar-refractivity contribution in [3.63, 3.8) is 0 Å². The summed E-state index contributed by atoms with van der Waals surface area (Å²) < 4.78 is 0. The van der Waals surface area contributed by atoms with Crippen LogP contribution in [0.4, 0.5) is 0 Å². The molecule has 2 N–H and O–H groups in total. The number of para-hydroxylation sites is 2. The van der Waals surface area contributed by atoms with E-state index in [1.54, 1.807) is 0 Å². The van der Waals surface area contributed by atoms with Crippen LogP contribution in [0.5, 0.6) is 0 Å². The van der Waals surface area contributed by atoms with Crippen molar-refractivity contribution in [1.29, 1.82) is 0 Å². The van der Waals surface area contributed by atoms with Gasteiger partial charge >= 0.3 is 0 Å². The van der Waals surface area contributed by atoms with E-state index < -0.39 is 0 Å². The first-order chi connectivity index (χ1) is 19.6. The highest BCUT2D eigenvalue weighted by molar-refractivity contribution is 5.97. The third-order valence-electron chi connectivity index (χ3n) is 8.04. The Morgan fingerprint density at radius 2 is 1.70 bits per heavy atom. The molecular formula is C34H35N5O. The van der Waals surface area contributed by atoms with E-state index >= 15 is 0 Å². The number of nitrogens with zero attached hydrogens (tertiary/aromatic N) is 3. The molecule has 1 aliphatic rings. The van der Waals surface area contributed by atoms with Gasteiger partial charge in [-0.25, -0.2) is 4.98 Å². The average molecular weight is 530 g/mol. The van der Waals surface area contributed by atoms with Gasteiger partial charge in [-0.3, -0.25) is 14.7 Å². The molecule has 2 heterocycles. The molecule has 202 valence electrons. The summed E-state index contributed by atoms with van der Waals surface area (Å²) in [6.45, 7) is 5.86. The Hall–Kier alpha value is -4.29. The van der Waals surface area contributed by atoms with Crippen LogP contribution in [-0.4, -0.2) is 25.8 Å². The lowest BCUT2D eigenvalue weighted by atomic mass is 9.90. The van der Waals surface area contributed by atoms with E-state index in [0.717, 1.165) is 64.9 Å². The van der Waals surface area contributed by atoms with Gasteiger partial charge in [-0.15, -0.1) is 0 Å². The Bertz CT molecular complexity index is 1600. The molecule has 0 saturated heterocycles. The molecule has 2 aromatic heterocycles. The normalized spacial score (nSPS) is 14.8. The number of carbonyl (C=O) groups excluding carboxylic acids is 1. The second kappa shape index (κ2) is 11.4. The smallest absolute Gasteiger partial charge is 0.252 e. The Morgan fingerprint density at radius 3 is 2.52 bits per heavy atom. The zero-order valence-corrected chi connectivity index (χ0v) is 23.2. The Balaban J connectivity index is 1.29. The van der Waals surface area contributed by atoms with Gasteiger partial charge in [0.2, 0.25) is 0 Å². The summed E-state index contributed by atoms with van der Waals surface area (Å²) in [4.78, 5) is 28.9. The van der Waals surface area contributed by atoms with Crippen molar-refractivity contribution in [2.45, 2.75) is 58.8 Å². The molecule has 40 heavy (non-hydrogen) atoms. The minimum atomic E-state index is -0.0325. The fourth-order valence-corrected chi connectivity index (χ4v) is 6.03. The number of fused-ring (bicyclic) bond motifs is 2. The van der Waals surface area contributed by atoms with Crippen LogP contribution in [-0.2, 0) is 26.1 Å². The Kier molecular flexibility index (Phi) is 7.43. The number of nitrogens with one attached hydrogen (secondary N) is 2. The van der Waals surface area contributed by atoms with Gasteiger partial charge in [0, 0.05) is 24.8 Å². The lowest BCUT2D eigenvalue weighted by Crippen LogP contribution is -2.32. The number of aromatic nitrogens is 3. The van der Waals surface area contributed by atoms with Crippen LogP contribution in [0.15, 0.2) is 85.1 Å². The summed E-state index contributed by atoms with van der Waals surface area (Å²) in [7, 11) is 0. The summed E-state index contributed by atoms with van der Waals surface area (Å²) in [5.41, 5.74) is 9.60. The van der Waals surface area contributed by atoms with Crippen molar-refractivity contribution in [2.24, 2.45) is 0 Å². The van der Waals surface area contributed by atoms with Gasteiger partial charge in [0.15, 0.2) is 0 Å². The zero-order valence-electron chi connectivity index (χ0n) is 23.2. The lowest BCUT2D eigenvalue weighted by Gasteiger charge is -2.35. The minimum absolute atomic E-state index is 0.0325. The lowest BCUT2D eigenvalue weighted by molar-refractivity contribution is 0.0949. The van der Waals surface area contributed by atoms with Crippen LogP contribution >= 0.6 is 0 Å². The number of hydrogen-bond acceptors (Lipinski definition) is 4. The first-order valence-corrected chi connectivity index (χ1v) is 14.1. The summed E-state index contributed by atoms with van der Waals surface area (Å²) in [6.07, 6.45) is 5.16. The van der Waals surface area contributed by atoms with Gasteiger partial charge in [-0.2, -0.15) is 0 Å². The number of rotatable bonds is 8. The van der Waals surface area contributed by atoms with E-state index in [2.05, 4.69) is 45.5 Å². The van der Waals surface area contributed by atoms with Crippen molar-refractivity contribution < 1.29 is 4.79 Å². The van der Waals surface area contributed by atoms with Crippen LogP contribution in [0, 0.1) is 13.8 Å². The van der Waals surface area contributed by atoms with Gasteiger partial charge < -0.3 is 10.3 Å². The van der Waals surface area contributed by atoms with Gasteiger partial charge in [0.1, 0.15) is 5.82 Å². The fourth-order valence-electron chi connectivity index (χ4n) is 6.03. The summed E-state index contributed by atoms with van der Waals surface area (Å²) in [6, 6.07) is 27.0. The highest BCUT2D eigenvalue weighted by atomic mass is 16.1. The summed E-state index contributed by atoms with van der Waals surface area (Å²) >= 11 is 0. The quantitative estimate of drug-likeness (QED) is 0.238. The Labute approximate surface area is 235 Å². The highest BCUT2D eigenvalue weighted by Crippen LogP contribution is 2.35. The maximum Gasteiger partial charge on any atom is 0.252 e. The van der Waals surface area contributed by atoms with Crippen LogP contribution < -0.4 is 5.32 Å². The maximum atomic E-state index is 13.2. The number of aromatic amines is 1. The van der Waals surface area contributed by atoms with Crippen LogP contribution in [0.1, 0.15) is 68.6 Å². The number of benzene rings is 3. The molecule has 1 amide bonds. The number of H-pyrrole nitrogens is 1. The second-order valence-electron chi connectivity index (χ2n) is 10.8. The molecule has 0 radical (unpaired) electrons. The van der Waals surface area contributed by atoms with E-state index in [-0.39, 0.29) is 11.9 Å². The van der Waals surface area contributed by atoms with E-state index in [4.69, 9.17) is 9.97 Å². The van der Waals surface area contributed by atoms with Crippen molar-refractivity contribution in [2.75, 3.05) is 0 Å². The maximum absolute atomic E-state index is 13.2. The van der Waals surface area contributed by atoms with Crippen LogP contribution in [0.25, 0.3) is 11.0 Å². The second-order valence-corrected chi connectivity index (χ2v) is 10.8. The molecule has 6 heteroatoms. The van der Waals surface area contributed by atoms with Gasteiger partial charge in [-0.1, -0.05) is 60.7 Å². The number of hydrogen-bond donors (Lipinski definition) is 2. The van der Waals surface area contributed by atoms with Crippen LogP contribution in [0.3, 0.4) is 0 Å². The molecule has 6 rings (SSSR count). The van der Waals surface area contributed by atoms with Gasteiger partial charge in [-0.05, 0) is 79.1 Å². The van der Waals surface area contributed by atoms with Crippen molar-refractivity contribution in [3.8, 4) is 0 Å².